The van der Waals surface area contributed by atoms with Crippen LogP contribution in [0.25, 0.3) is 11.3 Å². The van der Waals surface area contributed by atoms with E-state index in [0.29, 0.717) is 29.4 Å². The molecule has 1 aromatic carbocycles. The van der Waals surface area contributed by atoms with Gasteiger partial charge in [0.2, 0.25) is 15.9 Å². The van der Waals surface area contributed by atoms with Gasteiger partial charge in [0, 0.05) is 16.6 Å². The van der Waals surface area contributed by atoms with Crippen molar-refractivity contribution in [3.05, 3.63) is 29.6 Å². The number of rotatable bonds is 5. The number of anilines is 2. The molecule has 1 aliphatic carbocycles. The lowest BCUT2D eigenvalue weighted by Crippen LogP contribution is -2.48. The molecule has 4 N–H and O–H groups in total. The Morgan fingerprint density at radius 2 is 1.88 bits per heavy atom. The number of hydrogen-bond acceptors (Lipinski definition) is 6. The van der Waals surface area contributed by atoms with Crippen molar-refractivity contribution in [1.82, 2.24) is 4.98 Å². The van der Waals surface area contributed by atoms with Crippen LogP contribution in [0.4, 0.5) is 10.8 Å². The molecule has 1 fully saturated rings. The summed E-state index contributed by atoms with van der Waals surface area (Å²) in [5.41, 5.74) is 7.39. The summed E-state index contributed by atoms with van der Waals surface area (Å²) in [6, 6.07) is 6.88. The van der Waals surface area contributed by atoms with Gasteiger partial charge >= 0.3 is 0 Å². The van der Waals surface area contributed by atoms with E-state index in [9.17, 15) is 13.2 Å². The van der Waals surface area contributed by atoms with Crippen LogP contribution in [0.5, 0.6) is 0 Å². The smallest absolute Gasteiger partial charge is 0.246 e. The zero-order valence-corrected chi connectivity index (χ0v) is 15.4. The van der Waals surface area contributed by atoms with Crippen LogP contribution in [-0.2, 0) is 14.8 Å². The quantitative estimate of drug-likeness (QED) is 0.737. The van der Waals surface area contributed by atoms with Crippen LogP contribution >= 0.6 is 11.3 Å². The lowest BCUT2D eigenvalue weighted by atomic mass is 9.98. The lowest BCUT2D eigenvalue weighted by molar-refractivity contribution is -0.121. The number of carbonyl (C=O) groups is 1. The Labute approximate surface area is 150 Å². The highest BCUT2D eigenvalue weighted by molar-refractivity contribution is 7.92. The van der Waals surface area contributed by atoms with Crippen molar-refractivity contribution in [1.29, 1.82) is 0 Å². The Balaban J connectivity index is 1.70. The maximum absolute atomic E-state index is 12.3. The van der Waals surface area contributed by atoms with Gasteiger partial charge in [0.15, 0.2) is 5.13 Å². The van der Waals surface area contributed by atoms with E-state index in [4.69, 9.17) is 5.73 Å². The predicted octanol–water partition coefficient (Wildman–Crippen LogP) is 2.39. The van der Waals surface area contributed by atoms with Gasteiger partial charge in [-0.1, -0.05) is 25.0 Å². The summed E-state index contributed by atoms with van der Waals surface area (Å²) in [6.45, 7) is 0. The minimum absolute atomic E-state index is 0.182. The van der Waals surface area contributed by atoms with E-state index < -0.39 is 15.6 Å². The first-order chi connectivity index (χ1) is 11.8. The second kappa shape index (κ2) is 6.74. The molecule has 2 aromatic rings. The molecule has 1 aliphatic rings. The maximum Gasteiger partial charge on any atom is 0.246 e. The third-order valence-electron chi connectivity index (χ3n) is 4.16. The van der Waals surface area contributed by atoms with Crippen LogP contribution in [0.2, 0.25) is 0 Å². The van der Waals surface area contributed by atoms with Crippen molar-refractivity contribution in [2.75, 3.05) is 16.3 Å². The highest BCUT2D eigenvalue weighted by atomic mass is 32.2. The van der Waals surface area contributed by atoms with Gasteiger partial charge < -0.3 is 11.1 Å². The molecule has 0 aliphatic heterocycles. The van der Waals surface area contributed by atoms with Gasteiger partial charge in [-0.15, -0.1) is 11.3 Å². The molecule has 1 aromatic heterocycles. The maximum atomic E-state index is 12.3. The van der Waals surface area contributed by atoms with Gasteiger partial charge in [-0.2, -0.15) is 0 Å². The molecule has 0 saturated heterocycles. The summed E-state index contributed by atoms with van der Waals surface area (Å²) >= 11 is 1.33. The lowest BCUT2D eigenvalue weighted by Gasteiger charge is -2.21. The summed E-state index contributed by atoms with van der Waals surface area (Å²) < 4.78 is 24.9. The highest BCUT2D eigenvalue weighted by Crippen LogP contribution is 2.30. The molecule has 1 amide bonds. The number of thiazole rings is 1. The molecule has 0 atom stereocenters. The topological polar surface area (TPSA) is 114 Å². The first-order valence-corrected chi connectivity index (χ1v) is 10.7. The van der Waals surface area contributed by atoms with Crippen molar-refractivity contribution in [2.45, 2.75) is 31.2 Å². The summed E-state index contributed by atoms with van der Waals surface area (Å²) in [5.74, 6) is -0.182. The summed E-state index contributed by atoms with van der Waals surface area (Å²) in [6.07, 6.45) is 4.45. The number of nitrogens with one attached hydrogen (secondary N) is 2. The van der Waals surface area contributed by atoms with Crippen LogP contribution in [0.1, 0.15) is 25.7 Å². The molecule has 1 heterocycles. The van der Waals surface area contributed by atoms with Crippen LogP contribution in [0.15, 0.2) is 29.6 Å². The second-order valence-electron chi connectivity index (χ2n) is 6.31. The van der Waals surface area contributed by atoms with E-state index in [1.807, 2.05) is 5.38 Å². The number of carbonyl (C=O) groups excluding carboxylic acids is 1. The van der Waals surface area contributed by atoms with Crippen LogP contribution in [0, 0.1) is 0 Å². The average molecular weight is 380 g/mol. The van der Waals surface area contributed by atoms with Crippen molar-refractivity contribution >= 4 is 38.1 Å². The van der Waals surface area contributed by atoms with E-state index in [1.54, 1.807) is 24.3 Å². The zero-order chi connectivity index (χ0) is 18.1. The number of sulfonamides is 1. The molecule has 25 heavy (non-hydrogen) atoms. The molecule has 7 nitrogen and oxygen atoms in total. The zero-order valence-electron chi connectivity index (χ0n) is 13.8. The molecular formula is C16H20N4O3S2. The standard InChI is InChI=1S/C16H20N4O3S2/c1-25(22,23)20-12-6-4-11(5-7-12)13-10-24-15(18-13)19-14(21)16(17)8-2-3-9-16/h4-7,10,20H,2-3,8-9,17H2,1H3,(H,18,19,21). The van der Waals surface area contributed by atoms with Crippen LogP contribution in [-0.4, -0.2) is 31.1 Å². The fourth-order valence-electron chi connectivity index (χ4n) is 2.84. The van der Waals surface area contributed by atoms with E-state index >= 15 is 0 Å². The highest BCUT2D eigenvalue weighted by Gasteiger charge is 2.37. The van der Waals surface area contributed by atoms with Gasteiger partial charge in [-0.3, -0.25) is 9.52 Å². The fourth-order valence-corrected chi connectivity index (χ4v) is 4.12. The number of nitrogens with two attached hydrogens (primary N) is 1. The first kappa shape index (κ1) is 17.8. The van der Waals surface area contributed by atoms with E-state index in [2.05, 4.69) is 15.0 Å². The fraction of sp³-hybridized carbons (Fsp3) is 0.375. The minimum atomic E-state index is -3.30. The van der Waals surface area contributed by atoms with Gasteiger partial charge in [-0.25, -0.2) is 13.4 Å². The summed E-state index contributed by atoms with van der Waals surface area (Å²) in [4.78, 5) is 16.7. The normalized spacial score (nSPS) is 16.6. The Bertz CT molecular complexity index is 869. The van der Waals surface area contributed by atoms with Crippen molar-refractivity contribution < 1.29 is 13.2 Å². The molecule has 0 bridgehead atoms. The molecule has 0 spiro atoms. The number of hydrogen-bond donors (Lipinski definition) is 3. The molecule has 1 saturated carbocycles. The van der Waals surface area contributed by atoms with Gasteiger partial charge in [0.25, 0.3) is 0 Å². The number of benzene rings is 1. The van der Waals surface area contributed by atoms with E-state index in [0.717, 1.165) is 24.7 Å². The third-order valence-corrected chi connectivity index (χ3v) is 5.52. The monoisotopic (exact) mass is 380 g/mol. The predicted molar refractivity (Wildman–Crippen MR) is 100 cm³/mol. The van der Waals surface area contributed by atoms with E-state index in [-0.39, 0.29) is 5.91 Å². The van der Waals surface area contributed by atoms with Gasteiger partial charge in [0.05, 0.1) is 17.5 Å². The van der Waals surface area contributed by atoms with E-state index in [1.165, 1.54) is 11.3 Å². The van der Waals surface area contributed by atoms with Crippen LogP contribution in [0.3, 0.4) is 0 Å². The number of amides is 1. The first-order valence-electron chi connectivity index (χ1n) is 7.89. The summed E-state index contributed by atoms with van der Waals surface area (Å²) in [5, 5.41) is 5.16. The minimum Gasteiger partial charge on any atom is -0.317 e. The van der Waals surface area contributed by atoms with Gasteiger partial charge in [0.1, 0.15) is 0 Å². The third kappa shape index (κ3) is 4.36. The number of nitrogens with zero attached hydrogens (tertiary/aromatic N) is 1. The Morgan fingerprint density at radius 3 is 2.48 bits per heavy atom. The summed E-state index contributed by atoms with van der Waals surface area (Å²) in [7, 11) is -3.30. The largest absolute Gasteiger partial charge is 0.317 e. The second-order valence-corrected chi connectivity index (χ2v) is 8.91. The Kier molecular flexibility index (Phi) is 4.81. The van der Waals surface area contributed by atoms with Crippen molar-refractivity contribution in [2.24, 2.45) is 5.73 Å². The van der Waals surface area contributed by atoms with Crippen molar-refractivity contribution in [3.63, 3.8) is 0 Å². The molecule has 3 rings (SSSR count). The molecule has 9 heteroatoms. The van der Waals surface area contributed by atoms with Crippen molar-refractivity contribution in [3.8, 4) is 11.3 Å². The molecular weight excluding hydrogens is 360 g/mol. The molecule has 0 unspecified atom stereocenters. The van der Waals surface area contributed by atoms with Crippen LogP contribution < -0.4 is 15.8 Å². The molecule has 134 valence electrons. The Morgan fingerprint density at radius 1 is 1.24 bits per heavy atom. The SMILES string of the molecule is CS(=O)(=O)Nc1ccc(-c2csc(NC(=O)C3(N)CCCC3)n2)cc1. The number of aromatic nitrogens is 1. The molecule has 0 radical (unpaired) electrons. The Hall–Kier alpha value is -1.97. The average Bonchev–Trinajstić information content (AvgIpc) is 3.17. The van der Waals surface area contributed by atoms with Gasteiger partial charge in [-0.05, 0) is 25.0 Å².